The Hall–Kier alpha value is -0.440. The third-order valence-electron chi connectivity index (χ3n) is 0.292. The molecule has 0 heterocycles. The smallest absolute Gasteiger partial charge is 0.279 e. The van der Waals surface area contributed by atoms with Crippen molar-refractivity contribution in [2.75, 3.05) is 0 Å². The van der Waals surface area contributed by atoms with Crippen molar-refractivity contribution in [3.8, 4) is 0 Å². The van der Waals surface area contributed by atoms with E-state index >= 15 is 0 Å². The molecule has 0 saturated heterocycles. The van der Waals surface area contributed by atoms with E-state index in [1.165, 1.54) is 0 Å². The second-order valence-electron chi connectivity index (χ2n) is 1.44. The molecule has 0 aromatic carbocycles. The van der Waals surface area contributed by atoms with Crippen molar-refractivity contribution in [3.05, 3.63) is 0 Å². The van der Waals surface area contributed by atoms with Crippen molar-refractivity contribution in [1.29, 1.82) is 0 Å². The fourth-order valence-corrected chi connectivity index (χ4v) is 0. The van der Waals surface area contributed by atoms with Gasteiger partial charge in [0.1, 0.15) is 0 Å². The zero-order chi connectivity index (χ0) is 10.6. The summed E-state index contributed by atoms with van der Waals surface area (Å²) in [5.74, 6) is 0. The number of hydrogen-bond acceptors (Lipinski definition) is 2. The van der Waals surface area contributed by atoms with Crippen LogP contribution in [0.2, 0.25) is 0 Å². The SMILES string of the molecule is CC(F)F.O=S(=O)(O)C(F)(F)F. The minimum absolute atomic E-state index is 0.833. The van der Waals surface area contributed by atoms with Crippen LogP contribution in [0.5, 0.6) is 0 Å². The first-order chi connectivity index (χ1) is 4.98. The monoisotopic (exact) mass is 216 g/mol. The summed E-state index contributed by atoms with van der Waals surface area (Å²) in [6.07, 6.45) is -2.17. The molecule has 0 aliphatic rings. The van der Waals surface area contributed by atoms with Gasteiger partial charge in [-0.05, 0) is 6.92 Å². The van der Waals surface area contributed by atoms with E-state index in [1.54, 1.807) is 0 Å². The minimum atomic E-state index is -5.84. The first-order valence-electron chi connectivity index (χ1n) is 2.30. The fraction of sp³-hybridized carbons (Fsp3) is 1.00. The Bertz CT molecular complexity index is 202. The van der Waals surface area contributed by atoms with Crippen LogP contribution >= 0.6 is 0 Å². The summed E-state index contributed by atoms with van der Waals surface area (Å²) in [4.78, 5) is 0. The number of hydrogen-bond donors (Lipinski definition) is 1. The Labute approximate surface area is 64.9 Å². The summed E-state index contributed by atoms with van der Waals surface area (Å²) in [6, 6.07) is 0. The lowest BCUT2D eigenvalue weighted by atomic mass is 10.9. The topological polar surface area (TPSA) is 54.4 Å². The second kappa shape index (κ2) is 4.55. The molecule has 0 bridgehead atoms. The summed E-state index contributed by atoms with van der Waals surface area (Å²) >= 11 is 0. The minimum Gasteiger partial charge on any atom is -0.279 e. The third kappa shape index (κ3) is 9.56. The molecule has 3 nitrogen and oxygen atoms in total. The highest BCUT2D eigenvalue weighted by Crippen LogP contribution is 2.20. The maximum atomic E-state index is 10.7. The summed E-state index contributed by atoms with van der Waals surface area (Å²) in [6.45, 7) is 0.833. The Morgan fingerprint density at radius 2 is 1.33 bits per heavy atom. The van der Waals surface area contributed by atoms with Gasteiger partial charge in [0.2, 0.25) is 6.43 Å². The second-order valence-corrected chi connectivity index (χ2v) is 2.85. The van der Waals surface area contributed by atoms with Gasteiger partial charge in [0.25, 0.3) is 0 Å². The van der Waals surface area contributed by atoms with E-state index in [0.29, 0.717) is 0 Å². The van der Waals surface area contributed by atoms with E-state index in [2.05, 4.69) is 0 Å². The van der Waals surface area contributed by atoms with Crippen LogP contribution in [0, 0.1) is 0 Å². The van der Waals surface area contributed by atoms with Crippen LogP contribution in [0.15, 0.2) is 0 Å². The zero-order valence-corrected chi connectivity index (χ0v) is 6.46. The molecule has 0 radical (unpaired) electrons. The molecule has 0 unspecified atom stereocenters. The Morgan fingerprint density at radius 3 is 1.33 bits per heavy atom. The van der Waals surface area contributed by atoms with E-state index in [0.717, 1.165) is 6.92 Å². The maximum absolute atomic E-state index is 10.7. The van der Waals surface area contributed by atoms with Gasteiger partial charge in [-0.15, -0.1) is 0 Å². The highest BCUT2D eigenvalue weighted by atomic mass is 32.2. The molecule has 0 aliphatic carbocycles. The van der Waals surface area contributed by atoms with Crippen molar-refractivity contribution in [2.45, 2.75) is 18.9 Å². The molecule has 0 aromatic rings. The molecule has 0 spiro atoms. The van der Waals surface area contributed by atoms with Crippen LogP contribution in [0.25, 0.3) is 0 Å². The van der Waals surface area contributed by atoms with Gasteiger partial charge in [-0.3, -0.25) is 4.55 Å². The lowest BCUT2D eigenvalue weighted by Gasteiger charge is -1.97. The molecule has 0 aliphatic heterocycles. The zero-order valence-electron chi connectivity index (χ0n) is 5.64. The number of alkyl halides is 5. The highest BCUT2D eigenvalue weighted by molar-refractivity contribution is 7.86. The molecule has 1 N–H and O–H groups in total. The molecule has 0 rings (SSSR count). The quantitative estimate of drug-likeness (QED) is 0.380. The van der Waals surface area contributed by atoms with E-state index in [9.17, 15) is 22.0 Å². The molecule has 76 valence electrons. The molecule has 0 aromatic heterocycles. The van der Waals surface area contributed by atoms with Gasteiger partial charge in [-0.2, -0.15) is 21.6 Å². The summed E-state index contributed by atoms with van der Waals surface area (Å²) in [5, 5.41) is 0. The van der Waals surface area contributed by atoms with Crippen LogP contribution in [0.3, 0.4) is 0 Å². The Balaban J connectivity index is 0. The van der Waals surface area contributed by atoms with Gasteiger partial charge in [0, 0.05) is 0 Å². The normalized spacial score (nSPS) is 12.3. The molecular formula is C3H5F5O3S. The van der Waals surface area contributed by atoms with Crippen molar-refractivity contribution < 1.29 is 34.9 Å². The average Bonchev–Trinajstić information content (AvgIpc) is 1.55. The molecule has 0 fully saturated rings. The maximum Gasteiger partial charge on any atom is 0.522 e. The van der Waals surface area contributed by atoms with Gasteiger partial charge in [0.15, 0.2) is 0 Å². The Morgan fingerprint density at radius 1 is 1.25 bits per heavy atom. The molecule has 9 heteroatoms. The molecule has 12 heavy (non-hydrogen) atoms. The predicted molar refractivity (Wildman–Crippen MR) is 29.3 cm³/mol. The van der Waals surface area contributed by atoms with E-state index in [4.69, 9.17) is 13.0 Å². The van der Waals surface area contributed by atoms with Crippen LogP contribution in [-0.4, -0.2) is 24.9 Å². The van der Waals surface area contributed by atoms with Crippen molar-refractivity contribution in [2.24, 2.45) is 0 Å². The van der Waals surface area contributed by atoms with E-state index in [-0.39, 0.29) is 0 Å². The fourth-order valence-electron chi connectivity index (χ4n) is 0. The highest BCUT2D eigenvalue weighted by Gasteiger charge is 2.44. The van der Waals surface area contributed by atoms with Gasteiger partial charge >= 0.3 is 15.6 Å². The standard InChI is InChI=1S/C2H4F2.CHF3O3S/c1-2(3)4;2-1(3,4)8(5,6)7/h2H,1H3;(H,5,6,7). The summed E-state index contributed by atoms with van der Waals surface area (Å²) < 4.78 is 78.2. The Kier molecular flexibility index (Phi) is 5.35. The van der Waals surface area contributed by atoms with Crippen LogP contribution < -0.4 is 0 Å². The average molecular weight is 216 g/mol. The lowest BCUT2D eigenvalue weighted by molar-refractivity contribution is -0.0510. The largest absolute Gasteiger partial charge is 0.522 e. The first kappa shape index (κ1) is 14.1. The van der Waals surface area contributed by atoms with Crippen molar-refractivity contribution >= 4 is 10.1 Å². The van der Waals surface area contributed by atoms with Gasteiger partial charge in [0.05, 0.1) is 0 Å². The van der Waals surface area contributed by atoms with E-state index in [1.807, 2.05) is 0 Å². The van der Waals surface area contributed by atoms with Crippen LogP contribution in [0.4, 0.5) is 22.0 Å². The van der Waals surface area contributed by atoms with E-state index < -0.39 is 22.1 Å². The predicted octanol–water partition coefficient (Wildman–Crippen LogP) is 1.67. The van der Waals surface area contributed by atoms with Gasteiger partial charge in [-0.1, -0.05) is 0 Å². The van der Waals surface area contributed by atoms with Gasteiger partial charge < -0.3 is 0 Å². The van der Waals surface area contributed by atoms with Crippen molar-refractivity contribution in [3.63, 3.8) is 0 Å². The van der Waals surface area contributed by atoms with Crippen LogP contribution in [-0.2, 0) is 10.1 Å². The molecular weight excluding hydrogens is 211 g/mol. The molecule has 0 atom stereocenters. The lowest BCUT2D eigenvalue weighted by Crippen LogP contribution is -2.21. The van der Waals surface area contributed by atoms with Crippen molar-refractivity contribution in [1.82, 2.24) is 0 Å². The molecule has 0 amide bonds. The first-order valence-corrected chi connectivity index (χ1v) is 3.74. The summed E-state index contributed by atoms with van der Waals surface area (Å²) in [7, 11) is -5.84. The van der Waals surface area contributed by atoms with Crippen LogP contribution in [0.1, 0.15) is 6.92 Å². The number of rotatable bonds is 0. The molecule has 0 saturated carbocycles. The summed E-state index contributed by atoms with van der Waals surface area (Å²) in [5.41, 5.74) is -5.53. The van der Waals surface area contributed by atoms with Gasteiger partial charge in [-0.25, -0.2) is 8.78 Å². The number of halogens is 5. The third-order valence-corrected chi connectivity index (χ3v) is 0.877.